The molecule has 3 heteroatoms. The fourth-order valence-corrected chi connectivity index (χ4v) is 3.32. The molecule has 0 aliphatic heterocycles. The van der Waals surface area contributed by atoms with Crippen LogP contribution in [0.4, 0.5) is 0 Å². The molecule has 1 aliphatic carbocycles. The summed E-state index contributed by atoms with van der Waals surface area (Å²) in [6.45, 7) is 0. The summed E-state index contributed by atoms with van der Waals surface area (Å²) in [5, 5.41) is 14.4. The quantitative estimate of drug-likeness (QED) is 0.909. The van der Waals surface area contributed by atoms with E-state index < -0.39 is 5.60 Å². The average Bonchev–Trinajstić information content (AvgIpc) is 2.63. The van der Waals surface area contributed by atoms with Crippen LogP contribution in [0.1, 0.15) is 43.2 Å². The van der Waals surface area contributed by atoms with Crippen LogP contribution in [0.3, 0.4) is 0 Å². The molecule has 0 unspecified atom stereocenters. The van der Waals surface area contributed by atoms with Gasteiger partial charge in [0.2, 0.25) is 0 Å². The molecule has 0 aromatic heterocycles. The van der Waals surface area contributed by atoms with Crippen molar-refractivity contribution in [3.8, 4) is 0 Å². The van der Waals surface area contributed by atoms with E-state index in [2.05, 4.69) is 5.32 Å². The van der Waals surface area contributed by atoms with Gasteiger partial charge in [-0.2, -0.15) is 0 Å². The lowest BCUT2D eigenvalue weighted by molar-refractivity contribution is -0.137. The van der Waals surface area contributed by atoms with Crippen molar-refractivity contribution in [2.75, 3.05) is 0 Å². The van der Waals surface area contributed by atoms with Gasteiger partial charge in [0.1, 0.15) is 0 Å². The van der Waals surface area contributed by atoms with Gasteiger partial charge in [-0.25, -0.2) is 0 Å². The van der Waals surface area contributed by atoms with E-state index in [1.54, 1.807) is 24.3 Å². The molecule has 0 heterocycles. The van der Waals surface area contributed by atoms with Gasteiger partial charge in [-0.3, -0.25) is 4.79 Å². The molecule has 0 bridgehead atoms. The highest BCUT2D eigenvalue weighted by atomic mass is 16.3. The summed E-state index contributed by atoms with van der Waals surface area (Å²) in [5.41, 5.74) is -0.459. The van der Waals surface area contributed by atoms with Gasteiger partial charge in [-0.15, -0.1) is 0 Å². The van der Waals surface area contributed by atoms with Gasteiger partial charge in [0.05, 0.1) is 0 Å². The SMILES string of the molecule is O=C(NC1CCCCC1)C(O)(c1ccccc1)c1ccccc1. The summed E-state index contributed by atoms with van der Waals surface area (Å²) in [4.78, 5) is 13.0. The third-order valence-electron chi connectivity index (χ3n) is 4.65. The highest BCUT2D eigenvalue weighted by molar-refractivity contribution is 5.90. The summed E-state index contributed by atoms with van der Waals surface area (Å²) in [5.74, 6) is -0.332. The van der Waals surface area contributed by atoms with Crippen molar-refractivity contribution >= 4 is 5.91 Å². The number of benzene rings is 2. The molecule has 3 nitrogen and oxygen atoms in total. The second kappa shape index (κ2) is 6.97. The zero-order chi connectivity index (χ0) is 16.1. The molecule has 2 aromatic carbocycles. The first kappa shape index (κ1) is 15.8. The molecule has 120 valence electrons. The van der Waals surface area contributed by atoms with Crippen LogP contribution in [0.2, 0.25) is 0 Å². The molecule has 1 saturated carbocycles. The molecule has 0 atom stereocenters. The van der Waals surface area contributed by atoms with Gasteiger partial charge in [0.25, 0.3) is 5.91 Å². The van der Waals surface area contributed by atoms with E-state index in [1.165, 1.54) is 6.42 Å². The fourth-order valence-electron chi connectivity index (χ4n) is 3.32. The highest BCUT2D eigenvalue weighted by Gasteiger charge is 2.40. The smallest absolute Gasteiger partial charge is 0.261 e. The number of amides is 1. The van der Waals surface area contributed by atoms with E-state index in [-0.39, 0.29) is 11.9 Å². The lowest BCUT2D eigenvalue weighted by atomic mass is 9.84. The van der Waals surface area contributed by atoms with E-state index in [4.69, 9.17) is 0 Å². The van der Waals surface area contributed by atoms with Gasteiger partial charge in [0, 0.05) is 6.04 Å². The number of hydrogen-bond acceptors (Lipinski definition) is 2. The Morgan fingerprint density at radius 2 is 1.35 bits per heavy atom. The lowest BCUT2D eigenvalue weighted by Gasteiger charge is -2.31. The summed E-state index contributed by atoms with van der Waals surface area (Å²) in [7, 11) is 0. The predicted octanol–water partition coefficient (Wildman–Crippen LogP) is 3.37. The number of carbonyl (C=O) groups is 1. The molecule has 0 spiro atoms. The van der Waals surface area contributed by atoms with Crippen molar-refractivity contribution in [1.29, 1.82) is 0 Å². The van der Waals surface area contributed by atoms with Crippen LogP contribution in [0.25, 0.3) is 0 Å². The molecular formula is C20H23NO2. The van der Waals surface area contributed by atoms with Crippen LogP contribution in [0.15, 0.2) is 60.7 Å². The maximum Gasteiger partial charge on any atom is 0.261 e. The van der Waals surface area contributed by atoms with Crippen molar-refractivity contribution in [3.05, 3.63) is 71.8 Å². The summed E-state index contributed by atoms with van der Waals surface area (Å²) < 4.78 is 0. The topological polar surface area (TPSA) is 49.3 Å². The van der Waals surface area contributed by atoms with E-state index in [0.717, 1.165) is 25.7 Å². The second-order valence-corrected chi connectivity index (χ2v) is 6.25. The van der Waals surface area contributed by atoms with Gasteiger partial charge in [-0.1, -0.05) is 79.9 Å². The van der Waals surface area contributed by atoms with Crippen molar-refractivity contribution in [3.63, 3.8) is 0 Å². The molecule has 1 amide bonds. The molecule has 23 heavy (non-hydrogen) atoms. The number of aliphatic hydroxyl groups is 1. The second-order valence-electron chi connectivity index (χ2n) is 6.25. The zero-order valence-corrected chi connectivity index (χ0v) is 13.2. The first-order valence-electron chi connectivity index (χ1n) is 8.35. The van der Waals surface area contributed by atoms with E-state index in [0.29, 0.717) is 11.1 Å². The first-order chi connectivity index (χ1) is 11.2. The Morgan fingerprint density at radius 3 is 1.83 bits per heavy atom. The minimum Gasteiger partial charge on any atom is -0.372 e. The van der Waals surface area contributed by atoms with Gasteiger partial charge >= 0.3 is 0 Å². The summed E-state index contributed by atoms with van der Waals surface area (Å²) in [6.07, 6.45) is 5.49. The van der Waals surface area contributed by atoms with Gasteiger partial charge < -0.3 is 10.4 Å². The van der Waals surface area contributed by atoms with Crippen LogP contribution in [0.5, 0.6) is 0 Å². The zero-order valence-electron chi connectivity index (χ0n) is 13.2. The Balaban J connectivity index is 1.93. The first-order valence-corrected chi connectivity index (χ1v) is 8.35. The van der Waals surface area contributed by atoms with Crippen molar-refractivity contribution in [2.24, 2.45) is 0 Å². The highest BCUT2D eigenvalue weighted by Crippen LogP contribution is 2.30. The lowest BCUT2D eigenvalue weighted by Crippen LogP contribution is -2.49. The average molecular weight is 309 g/mol. The van der Waals surface area contributed by atoms with Crippen LogP contribution >= 0.6 is 0 Å². The monoisotopic (exact) mass is 309 g/mol. The fraction of sp³-hybridized carbons (Fsp3) is 0.350. The molecule has 1 aliphatic rings. The van der Waals surface area contributed by atoms with Crippen molar-refractivity contribution in [2.45, 2.75) is 43.7 Å². The summed E-state index contributed by atoms with van der Waals surface area (Å²) >= 11 is 0. The number of carbonyl (C=O) groups excluding carboxylic acids is 1. The molecule has 3 rings (SSSR count). The Bertz CT molecular complexity index is 594. The molecule has 2 N–H and O–H groups in total. The number of nitrogens with one attached hydrogen (secondary N) is 1. The van der Waals surface area contributed by atoms with Crippen molar-refractivity contribution < 1.29 is 9.90 Å². The van der Waals surface area contributed by atoms with E-state index in [9.17, 15) is 9.90 Å². The third-order valence-corrected chi connectivity index (χ3v) is 4.65. The largest absolute Gasteiger partial charge is 0.372 e. The molecule has 0 radical (unpaired) electrons. The van der Waals surface area contributed by atoms with Crippen LogP contribution in [0, 0.1) is 0 Å². The maximum absolute atomic E-state index is 13.0. The molecule has 2 aromatic rings. The summed E-state index contributed by atoms with van der Waals surface area (Å²) in [6, 6.07) is 18.5. The van der Waals surface area contributed by atoms with Crippen LogP contribution < -0.4 is 5.32 Å². The predicted molar refractivity (Wildman–Crippen MR) is 90.9 cm³/mol. The molecule has 1 fully saturated rings. The van der Waals surface area contributed by atoms with Crippen LogP contribution in [-0.4, -0.2) is 17.1 Å². The minimum absolute atomic E-state index is 0.162. The van der Waals surface area contributed by atoms with Crippen molar-refractivity contribution in [1.82, 2.24) is 5.32 Å². The normalized spacial score (nSPS) is 16.0. The van der Waals surface area contributed by atoms with Gasteiger partial charge in [0.15, 0.2) is 5.60 Å². The minimum atomic E-state index is -1.65. The molecular weight excluding hydrogens is 286 g/mol. The van der Waals surface area contributed by atoms with Crippen LogP contribution in [-0.2, 0) is 10.4 Å². The Hall–Kier alpha value is -2.13. The van der Waals surface area contributed by atoms with E-state index in [1.807, 2.05) is 36.4 Å². The van der Waals surface area contributed by atoms with Gasteiger partial charge in [-0.05, 0) is 24.0 Å². The Labute approximate surface area is 137 Å². The Kier molecular flexibility index (Phi) is 4.77. The number of hydrogen-bond donors (Lipinski definition) is 2. The Morgan fingerprint density at radius 1 is 0.870 bits per heavy atom. The molecule has 0 saturated heterocycles. The maximum atomic E-state index is 13.0. The van der Waals surface area contributed by atoms with E-state index >= 15 is 0 Å². The third kappa shape index (κ3) is 3.30. The standard InChI is InChI=1S/C20H23NO2/c22-19(21-18-14-8-3-9-15-18)20(23,16-10-4-1-5-11-16)17-12-6-2-7-13-17/h1-2,4-7,10-13,18,23H,3,8-9,14-15H2,(H,21,22). The number of rotatable bonds is 4.